The highest BCUT2D eigenvalue weighted by atomic mass is 16.5. The van der Waals surface area contributed by atoms with Crippen molar-refractivity contribution in [3.8, 4) is 0 Å². The van der Waals surface area contributed by atoms with Crippen molar-refractivity contribution >= 4 is 11.6 Å². The summed E-state index contributed by atoms with van der Waals surface area (Å²) in [7, 11) is 0. The van der Waals surface area contributed by atoms with Crippen molar-refractivity contribution in [1.29, 1.82) is 0 Å². The van der Waals surface area contributed by atoms with Gasteiger partial charge in [-0.3, -0.25) is 4.79 Å². The van der Waals surface area contributed by atoms with Gasteiger partial charge in [0.1, 0.15) is 0 Å². The molecule has 3 saturated heterocycles. The van der Waals surface area contributed by atoms with Crippen molar-refractivity contribution in [2.24, 2.45) is 17.8 Å². The average molecular weight is 440 g/mol. The van der Waals surface area contributed by atoms with E-state index in [1.165, 1.54) is 36.9 Å². The number of benzene rings is 1. The quantitative estimate of drug-likeness (QED) is 0.732. The molecule has 5 heteroatoms. The SMILES string of the molecule is CC(=O)N[C@]12CCO[C@@H](c3ccc(N4CCCCC4)cc3)[C@@H]1CC1CC2[C@@H](C)NC1(C)C. The fourth-order valence-corrected chi connectivity index (χ4v) is 7.62. The molecular formula is C27H41N3O2. The third kappa shape index (κ3) is 3.75. The van der Waals surface area contributed by atoms with E-state index in [0.29, 0.717) is 30.4 Å². The van der Waals surface area contributed by atoms with Gasteiger partial charge in [-0.2, -0.15) is 0 Å². The van der Waals surface area contributed by atoms with Gasteiger partial charge in [-0.1, -0.05) is 12.1 Å². The molecule has 2 N–H and O–H groups in total. The molecule has 0 aromatic heterocycles. The molecule has 4 aliphatic rings. The first kappa shape index (κ1) is 22.2. The highest BCUT2D eigenvalue weighted by Crippen LogP contribution is 2.56. The Morgan fingerprint density at radius 2 is 1.78 bits per heavy atom. The number of piperidine rings is 2. The van der Waals surface area contributed by atoms with Crippen LogP contribution in [0.15, 0.2) is 24.3 Å². The number of nitrogens with one attached hydrogen (secondary N) is 2. The van der Waals surface area contributed by atoms with E-state index in [2.05, 4.69) is 60.6 Å². The maximum atomic E-state index is 12.4. The monoisotopic (exact) mass is 439 g/mol. The first-order valence-electron chi connectivity index (χ1n) is 12.8. The van der Waals surface area contributed by atoms with Crippen molar-refractivity contribution in [2.45, 2.75) is 89.4 Å². The van der Waals surface area contributed by atoms with Gasteiger partial charge in [0.2, 0.25) is 5.91 Å². The number of nitrogens with zero attached hydrogens (tertiary/aromatic N) is 1. The molecule has 1 aromatic rings. The highest BCUT2D eigenvalue weighted by Gasteiger charge is 2.60. The van der Waals surface area contributed by atoms with Gasteiger partial charge in [0.05, 0.1) is 11.6 Å². The summed E-state index contributed by atoms with van der Waals surface area (Å²) in [6, 6.07) is 9.52. The number of amides is 1. The summed E-state index contributed by atoms with van der Waals surface area (Å²) in [6.07, 6.45) is 7.14. The molecule has 32 heavy (non-hydrogen) atoms. The van der Waals surface area contributed by atoms with Gasteiger partial charge >= 0.3 is 0 Å². The summed E-state index contributed by atoms with van der Waals surface area (Å²) in [5, 5.41) is 7.40. The second-order valence-corrected chi connectivity index (χ2v) is 11.4. The van der Waals surface area contributed by atoms with Crippen LogP contribution in [0.1, 0.15) is 77.9 Å². The van der Waals surface area contributed by atoms with Crippen molar-refractivity contribution in [1.82, 2.24) is 10.6 Å². The normalized spacial score (nSPS) is 38.6. The van der Waals surface area contributed by atoms with Crippen LogP contribution >= 0.6 is 0 Å². The molecule has 0 spiro atoms. The summed E-state index contributed by atoms with van der Waals surface area (Å²) in [6.45, 7) is 11.7. The van der Waals surface area contributed by atoms with Gasteiger partial charge in [-0.15, -0.1) is 0 Å². The number of rotatable bonds is 3. The molecule has 2 bridgehead atoms. The molecular weight excluding hydrogens is 398 g/mol. The molecule has 2 unspecified atom stereocenters. The lowest BCUT2D eigenvalue weighted by molar-refractivity contribution is -0.160. The highest BCUT2D eigenvalue weighted by molar-refractivity contribution is 5.74. The van der Waals surface area contributed by atoms with E-state index >= 15 is 0 Å². The van der Waals surface area contributed by atoms with E-state index < -0.39 is 0 Å². The molecule has 3 aliphatic heterocycles. The zero-order valence-electron chi connectivity index (χ0n) is 20.3. The largest absolute Gasteiger partial charge is 0.373 e. The first-order chi connectivity index (χ1) is 15.3. The Morgan fingerprint density at radius 3 is 2.47 bits per heavy atom. The van der Waals surface area contributed by atoms with Crippen molar-refractivity contribution in [2.75, 3.05) is 24.6 Å². The minimum atomic E-state index is -0.195. The molecule has 5 rings (SSSR count). The van der Waals surface area contributed by atoms with Crippen LogP contribution in [0.3, 0.4) is 0 Å². The Labute approximate surface area is 193 Å². The van der Waals surface area contributed by atoms with Crippen LogP contribution in [0.25, 0.3) is 0 Å². The number of hydrogen-bond donors (Lipinski definition) is 2. The van der Waals surface area contributed by atoms with Crippen LogP contribution in [-0.2, 0) is 9.53 Å². The summed E-state index contributed by atoms with van der Waals surface area (Å²) in [4.78, 5) is 15.0. The molecule has 3 heterocycles. The van der Waals surface area contributed by atoms with Gasteiger partial charge in [-0.05, 0) is 88.8 Å². The first-order valence-corrected chi connectivity index (χ1v) is 12.8. The molecule has 1 aliphatic carbocycles. The molecule has 5 nitrogen and oxygen atoms in total. The molecule has 0 radical (unpaired) electrons. The lowest BCUT2D eigenvalue weighted by atomic mass is 9.52. The van der Waals surface area contributed by atoms with Crippen LogP contribution < -0.4 is 15.5 Å². The van der Waals surface area contributed by atoms with Gasteiger partial charge in [-0.25, -0.2) is 0 Å². The van der Waals surface area contributed by atoms with Gasteiger partial charge in [0.25, 0.3) is 0 Å². The average Bonchev–Trinajstić information content (AvgIpc) is 2.77. The third-order valence-corrected chi connectivity index (χ3v) is 9.15. The molecule has 1 saturated carbocycles. The molecule has 1 aromatic carbocycles. The fourth-order valence-electron chi connectivity index (χ4n) is 7.62. The Bertz CT molecular complexity index is 832. The van der Waals surface area contributed by atoms with E-state index in [9.17, 15) is 4.79 Å². The molecule has 6 atom stereocenters. The maximum Gasteiger partial charge on any atom is 0.217 e. The van der Waals surface area contributed by atoms with E-state index in [1.54, 1.807) is 6.92 Å². The van der Waals surface area contributed by atoms with E-state index in [4.69, 9.17) is 4.74 Å². The summed E-state index contributed by atoms with van der Waals surface area (Å²) in [5.41, 5.74) is 2.51. The topological polar surface area (TPSA) is 53.6 Å². The van der Waals surface area contributed by atoms with E-state index in [-0.39, 0.29) is 23.1 Å². The summed E-state index contributed by atoms with van der Waals surface area (Å²) >= 11 is 0. The Kier molecular flexibility index (Phi) is 5.78. The number of fused-ring (bicyclic) bond motifs is 4. The molecule has 176 valence electrons. The van der Waals surface area contributed by atoms with Gasteiger partial charge in [0.15, 0.2) is 0 Å². The van der Waals surface area contributed by atoms with Crippen molar-refractivity contribution in [3.63, 3.8) is 0 Å². The second kappa shape index (κ2) is 8.32. The number of carbonyl (C=O) groups is 1. The standard InChI is InChI=1S/C27H41N3O2/c1-18-23-16-21(26(3,4)28-18)17-24-25(32-15-12-27(23,24)29-19(2)31)20-8-10-22(11-9-20)30-13-6-5-7-14-30/h8-11,18,21,23-25,28H,5-7,12-17H2,1-4H3,(H,29,31)/t18-,21?,23?,24+,25+,27+/m1/s1. The predicted molar refractivity (Wildman–Crippen MR) is 129 cm³/mol. The van der Waals surface area contributed by atoms with Crippen molar-refractivity contribution < 1.29 is 9.53 Å². The zero-order chi connectivity index (χ0) is 22.5. The minimum Gasteiger partial charge on any atom is -0.373 e. The van der Waals surface area contributed by atoms with Crippen molar-refractivity contribution in [3.05, 3.63) is 29.8 Å². The maximum absolute atomic E-state index is 12.4. The lowest BCUT2D eigenvalue weighted by Crippen LogP contribution is -2.73. The minimum absolute atomic E-state index is 0.0393. The zero-order valence-corrected chi connectivity index (χ0v) is 20.3. The van der Waals surface area contributed by atoms with Crippen LogP contribution in [0, 0.1) is 17.8 Å². The van der Waals surface area contributed by atoms with E-state index in [1.807, 2.05) is 0 Å². The number of hydrogen-bond acceptors (Lipinski definition) is 4. The number of ether oxygens (including phenoxy) is 1. The van der Waals surface area contributed by atoms with Crippen LogP contribution in [0.2, 0.25) is 0 Å². The Balaban J connectivity index is 1.47. The smallest absolute Gasteiger partial charge is 0.217 e. The Morgan fingerprint density at radius 1 is 1.09 bits per heavy atom. The number of carbonyl (C=O) groups excluding carboxylic acids is 1. The van der Waals surface area contributed by atoms with E-state index in [0.717, 1.165) is 25.9 Å². The Hall–Kier alpha value is -1.59. The number of anilines is 1. The molecule has 1 amide bonds. The van der Waals surface area contributed by atoms with Gasteiger partial charge < -0.3 is 20.3 Å². The third-order valence-electron chi connectivity index (χ3n) is 9.15. The van der Waals surface area contributed by atoms with Gasteiger partial charge in [0, 0.05) is 49.8 Å². The summed E-state index contributed by atoms with van der Waals surface area (Å²) in [5.74, 6) is 1.41. The summed E-state index contributed by atoms with van der Waals surface area (Å²) < 4.78 is 6.51. The van der Waals surface area contributed by atoms with Crippen LogP contribution in [0.5, 0.6) is 0 Å². The van der Waals surface area contributed by atoms with Crippen LogP contribution in [-0.4, -0.2) is 42.7 Å². The predicted octanol–water partition coefficient (Wildman–Crippen LogP) is 4.43. The van der Waals surface area contributed by atoms with Crippen LogP contribution in [0.4, 0.5) is 5.69 Å². The second-order valence-electron chi connectivity index (χ2n) is 11.4. The fraction of sp³-hybridized carbons (Fsp3) is 0.741. The lowest BCUT2D eigenvalue weighted by Gasteiger charge is -2.63. The molecule has 4 fully saturated rings.